The molecule has 0 fully saturated rings. The molecule has 2 aromatic carbocycles. The molecule has 0 aromatic heterocycles. The normalized spacial score (nSPS) is 11.4. The van der Waals surface area contributed by atoms with Crippen molar-refractivity contribution in [1.82, 2.24) is 0 Å². The Kier molecular flexibility index (Phi) is 5.03. The molecule has 22 heavy (non-hydrogen) atoms. The molecule has 5 heteroatoms. The van der Waals surface area contributed by atoms with Gasteiger partial charge in [-0.2, -0.15) is 5.26 Å². The summed E-state index contributed by atoms with van der Waals surface area (Å²) in [5.41, 5.74) is 2.12. The highest BCUT2D eigenvalue weighted by atomic mass is 35.5. The van der Waals surface area contributed by atoms with Gasteiger partial charge in [-0.25, -0.2) is 0 Å². The van der Waals surface area contributed by atoms with Crippen molar-refractivity contribution < 1.29 is 9.53 Å². The molecule has 112 valence electrons. The van der Waals surface area contributed by atoms with Gasteiger partial charge in [0.2, 0.25) is 0 Å². The highest BCUT2D eigenvalue weighted by molar-refractivity contribution is 6.30. The zero-order valence-electron chi connectivity index (χ0n) is 12.3. The van der Waals surface area contributed by atoms with Gasteiger partial charge in [0.15, 0.2) is 6.10 Å². The van der Waals surface area contributed by atoms with Crippen molar-refractivity contribution in [2.75, 3.05) is 5.32 Å². The van der Waals surface area contributed by atoms with Gasteiger partial charge in [0, 0.05) is 10.7 Å². The summed E-state index contributed by atoms with van der Waals surface area (Å²) in [4.78, 5) is 12.2. The number of hydrogen-bond donors (Lipinski definition) is 1. The third-order valence-electron chi connectivity index (χ3n) is 3.11. The maximum absolute atomic E-state index is 12.2. The van der Waals surface area contributed by atoms with Crippen LogP contribution in [-0.4, -0.2) is 12.0 Å². The molecule has 0 aliphatic carbocycles. The molecule has 1 amide bonds. The van der Waals surface area contributed by atoms with Crippen molar-refractivity contribution in [2.24, 2.45) is 0 Å². The van der Waals surface area contributed by atoms with E-state index in [1.54, 1.807) is 49.4 Å². The molecule has 0 saturated carbocycles. The molecule has 0 bridgehead atoms. The lowest BCUT2D eigenvalue weighted by molar-refractivity contribution is -0.122. The van der Waals surface area contributed by atoms with E-state index in [0.29, 0.717) is 22.0 Å². The molecule has 1 atom stereocenters. The van der Waals surface area contributed by atoms with Gasteiger partial charge in [0.25, 0.3) is 5.91 Å². The summed E-state index contributed by atoms with van der Waals surface area (Å²) in [6, 6.07) is 13.9. The van der Waals surface area contributed by atoms with Crippen LogP contribution in [0.4, 0.5) is 5.69 Å². The largest absolute Gasteiger partial charge is 0.481 e. The van der Waals surface area contributed by atoms with E-state index in [2.05, 4.69) is 5.32 Å². The molecule has 0 aliphatic rings. The number of ether oxygens (including phenoxy) is 1. The summed E-state index contributed by atoms with van der Waals surface area (Å²) < 4.78 is 5.56. The van der Waals surface area contributed by atoms with Gasteiger partial charge in [0.1, 0.15) is 5.75 Å². The van der Waals surface area contributed by atoms with Crippen molar-refractivity contribution in [1.29, 1.82) is 5.26 Å². The Balaban J connectivity index is 2.01. The minimum atomic E-state index is -0.664. The predicted molar refractivity (Wildman–Crippen MR) is 86.1 cm³/mol. The third-order valence-corrected chi connectivity index (χ3v) is 3.35. The number of aryl methyl sites for hydroxylation is 1. The van der Waals surface area contributed by atoms with E-state index in [4.69, 9.17) is 21.6 Å². The second-order valence-electron chi connectivity index (χ2n) is 4.84. The first-order valence-electron chi connectivity index (χ1n) is 6.73. The van der Waals surface area contributed by atoms with Crippen molar-refractivity contribution in [2.45, 2.75) is 20.0 Å². The molecule has 0 aliphatic heterocycles. The van der Waals surface area contributed by atoms with Crippen LogP contribution in [0.2, 0.25) is 5.02 Å². The summed E-state index contributed by atoms with van der Waals surface area (Å²) in [7, 11) is 0. The van der Waals surface area contributed by atoms with E-state index in [1.165, 1.54) is 0 Å². The average molecular weight is 315 g/mol. The quantitative estimate of drug-likeness (QED) is 0.930. The fourth-order valence-electron chi connectivity index (χ4n) is 1.87. The van der Waals surface area contributed by atoms with Gasteiger partial charge in [-0.1, -0.05) is 11.6 Å². The van der Waals surface area contributed by atoms with E-state index in [9.17, 15) is 4.79 Å². The highest BCUT2D eigenvalue weighted by Gasteiger charge is 2.15. The lowest BCUT2D eigenvalue weighted by Crippen LogP contribution is -2.30. The zero-order valence-corrected chi connectivity index (χ0v) is 13.0. The van der Waals surface area contributed by atoms with Crippen LogP contribution in [0.5, 0.6) is 5.75 Å². The Morgan fingerprint density at radius 3 is 2.55 bits per heavy atom. The van der Waals surface area contributed by atoms with Gasteiger partial charge in [-0.15, -0.1) is 0 Å². The summed E-state index contributed by atoms with van der Waals surface area (Å²) in [6.07, 6.45) is -0.664. The smallest absolute Gasteiger partial charge is 0.265 e. The van der Waals surface area contributed by atoms with Gasteiger partial charge < -0.3 is 10.1 Å². The van der Waals surface area contributed by atoms with Crippen LogP contribution in [0.1, 0.15) is 18.1 Å². The van der Waals surface area contributed by atoms with Crippen molar-refractivity contribution in [3.8, 4) is 11.8 Å². The van der Waals surface area contributed by atoms with E-state index in [-0.39, 0.29) is 5.91 Å². The Morgan fingerprint density at radius 2 is 1.95 bits per heavy atom. The zero-order chi connectivity index (χ0) is 16.1. The van der Waals surface area contributed by atoms with Crippen LogP contribution in [0.3, 0.4) is 0 Å². The van der Waals surface area contributed by atoms with Crippen LogP contribution in [0.15, 0.2) is 42.5 Å². The SMILES string of the molecule is Cc1cc(Cl)ccc1NC(=O)C(C)Oc1ccc(C#N)cc1. The fraction of sp³-hybridized carbons (Fsp3) is 0.176. The number of benzene rings is 2. The van der Waals surface area contributed by atoms with E-state index in [0.717, 1.165) is 5.56 Å². The lowest BCUT2D eigenvalue weighted by Gasteiger charge is -2.16. The van der Waals surface area contributed by atoms with Crippen molar-refractivity contribution in [3.05, 3.63) is 58.6 Å². The second kappa shape index (κ2) is 6.97. The molecular weight excluding hydrogens is 300 g/mol. The molecule has 0 saturated heterocycles. The summed E-state index contributed by atoms with van der Waals surface area (Å²) in [5.74, 6) is 0.282. The van der Waals surface area contributed by atoms with Crippen molar-refractivity contribution >= 4 is 23.2 Å². The number of amides is 1. The average Bonchev–Trinajstić information content (AvgIpc) is 2.50. The molecule has 1 N–H and O–H groups in total. The number of nitrogens with zero attached hydrogens (tertiary/aromatic N) is 1. The van der Waals surface area contributed by atoms with Crippen LogP contribution < -0.4 is 10.1 Å². The minimum absolute atomic E-state index is 0.255. The maximum Gasteiger partial charge on any atom is 0.265 e. The van der Waals surface area contributed by atoms with Crippen LogP contribution in [-0.2, 0) is 4.79 Å². The molecule has 2 aromatic rings. The molecule has 1 unspecified atom stereocenters. The maximum atomic E-state index is 12.2. The van der Waals surface area contributed by atoms with Crippen molar-refractivity contribution in [3.63, 3.8) is 0 Å². The van der Waals surface area contributed by atoms with E-state index in [1.807, 2.05) is 13.0 Å². The minimum Gasteiger partial charge on any atom is -0.481 e. The Bertz CT molecular complexity index is 720. The van der Waals surface area contributed by atoms with Gasteiger partial charge >= 0.3 is 0 Å². The summed E-state index contributed by atoms with van der Waals surface area (Å²) in [5, 5.41) is 12.2. The molecule has 2 rings (SSSR count). The van der Waals surface area contributed by atoms with Gasteiger partial charge in [0.05, 0.1) is 11.6 Å². The van der Waals surface area contributed by atoms with Crippen LogP contribution >= 0.6 is 11.6 Å². The third kappa shape index (κ3) is 4.00. The molecule has 0 spiro atoms. The number of rotatable bonds is 4. The monoisotopic (exact) mass is 314 g/mol. The first-order valence-corrected chi connectivity index (χ1v) is 7.11. The number of hydrogen-bond acceptors (Lipinski definition) is 3. The number of anilines is 1. The Hall–Kier alpha value is -2.51. The standard InChI is InChI=1S/C17H15ClN2O2/c1-11-9-14(18)5-8-16(11)20-17(21)12(2)22-15-6-3-13(10-19)4-7-15/h3-9,12H,1-2H3,(H,20,21). The predicted octanol–water partition coefficient (Wildman–Crippen LogP) is 3.93. The number of halogens is 1. The molecule has 4 nitrogen and oxygen atoms in total. The first-order chi connectivity index (χ1) is 10.5. The lowest BCUT2D eigenvalue weighted by atomic mass is 10.2. The van der Waals surface area contributed by atoms with E-state index >= 15 is 0 Å². The van der Waals surface area contributed by atoms with Gasteiger partial charge in [-0.3, -0.25) is 4.79 Å². The molecule has 0 heterocycles. The number of carbonyl (C=O) groups is 1. The van der Waals surface area contributed by atoms with Crippen LogP contribution in [0, 0.1) is 18.3 Å². The number of nitrogens with one attached hydrogen (secondary N) is 1. The Morgan fingerprint density at radius 1 is 1.27 bits per heavy atom. The summed E-state index contributed by atoms with van der Waals surface area (Å²) in [6.45, 7) is 3.53. The second-order valence-corrected chi connectivity index (χ2v) is 5.28. The molecular formula is C17H15ClN2O2. The first kappa shape index (κ1) is 15.9. The Labute approximate surface area is 134 Å². The number of carbonyl (C=O) groups excluding carboxylic acids is 1. The van der Waals surface area contributed by atoms with Gasteiger partial charge in [-0.05, 0) is 61.9 Å². The number of nitriles is 1. The van der Waals surface area contributed by atoms with E-state index < -0.39 is 6.10 Å². The highest BCUT2D eigenvalue weighted by Crippen LogP contribution is 2.20. The van der Waals surface area contributed by atoms with Crippen LogP contribution in [0.25, 0.3) is 0 Å². The summed E-state index contributed by atoms with van der Waals surface area (Å²) >= 11 is 5.89. The topological polar surface area (TPSA) is 62.1 Å². The molecule has 0 radical (unpaired) electrons. The fourth-order valence-corrected chi connectivity index (χ4v) is 2.09.